The molecule has 1 nitrogen and oxygen atoms in total. The normalized spacial score (nSPS) is 14.9. The Morgan fingerprint density at radius 3 is 1.57 bits per heavy atom. The Balaban J connectivity index is 5.65. The number of hydrogen-bond donors (Lipinski definition) is 0. The highest BCUT2D eigenvalue weighted by molar-refractivity contribution is 6.90. The molecule has 0 fully saturated rings. The second kappa shape index (κ2) is 8.18. The van der Waals surface area contributed by atoms with Gasteiger partial charge in [0.2, 0.25) is 0 Å². The van der Waals surface area contributed by atoms with Crippen molar-refractivity contribution in [1.82, 2.24) is 0 Å². The van der Waals surface area contributed by atoms with Crippen LogP contribution in [0.2, 0.25) is 34.8 Å². The average molecular weight is 353 g/mol. The number of rotatable bonds is 6. The van der Waals surface area contributed by atoms with Gasteiger partial charge in [0, 0.05) is 0 Å². The van der Waals surface area contributed by atoms with Crippen LogP contribution in [0.1, 0.15) is 62.3 Å². The average Bonchev–Trinajstić information content (AvgIpc) is 2.34. The standard InChI is InChI=1S/C20H40OSi2/c1-13-19(21-22(11,12)20(8,9)10)14-15-23(16(2)3,17(4)5)18(6)7/h13,16-19H,1H2,2-12H3/t19-/m0/s1. The minimum atomic E-state index is -1.83. The summed E-state index contributed by atoms with van der Waals surface area (Å²) < 4.78 is 6.46. The highest BCUT2D eigenvalue weighted by atomic mass is 28.4. The maximum absolute atomic E-state index is 6.46. The van der Waals surface area contributed by atoms with E-state index >= 15 is 0 Å². The zero-order valence-corrected chi connectivity index (χ0v) is 19.5. The molecular formula is C20H40OSi2. The van der Waals surface area contributed by atoms with E-state index in [1.807, 2.05) is 6.08 Å². The summed E-state index contributed by atoms with van der Waals surface area (Å²) in [5.41, 5.74) is 5.71. The molecule has 0 saturated carbocycles. The summed E-state index contributed by atoms with van der Waals surface area (Å²) in [6.07, 6.45) is 1.74. The molecule has 0 N–H and O–H groups in total. The van der Waals surface area contributed by atoms with Gasteiger partial charge in [-0.1, -0.05) is 80.9 Å². The molecule has 0 unspecified atom stereocenters. The quantitative estimate of drug-likeness (QED) is 0.291. The van der Waals surface area contributed by atoms with Crippen LogP contribution in [0.4, 0.5) is 0 Å². The van der Waals surface area contributed by atoms with Gasteiger partial charge in [0.1, 0.15) is 14.2 Å². The highest BCUT2D eigenvalue weighted by Gasteiger charge is 2.42. The van der Waals surface area contributed by atoms with Gasteiger partial charge in [-0.25, -0.2) is 0 Å². The predicted molar refractivity (Wildman–Crippen MR) is 111 cm³/mol. The lowest BCUT2D eigenvalue weighted by Crippen LogP contribution is -2.45. The third-order valence-electron chi connectivity index (χ3n) is 5.74. The Bertz CT molecular complexity index is 423. The molecular weight excluding hydrogens is 312 g/mol. The van der Waals surface area contributed by atoms with Crippen LogP contribution in [0.5, 0.6) is 0 Å². The van der Waals surface area contributed by atoms with Crippen molar-refractivity contribution >= 4 is 16.4 Å². The molecule has 3 heteroatoms. The molecule has 0 aromatic rings. The molecule has 0 amide bonds. The third-order valence-corrected chi connectivity index (χ3v) is 16.5. The Hall–Kier alpha value is -0.306. The van der Waals surface area contributed by atoms with Crippen LogP contribution in [0, 0.1) is 11.5 Å². The fourth-order valence-electron chi connectivity index (χ4n) is 3.26. The molecule has 0 radical (unpaired) electrons. The van der Waals surface area contributed by atoms with Gasteiger partial charge in [-0.05, 0) is 34.8 Å². The van der Waals surface area contributed by atoms with Crippen molar-refractivity contribution in [2.24, 2.45) is 0 Å². The van der Waals surface area contributed by atoms with Crippen LogP contribution >= 0.6 is 0 Å². The molecule has 0 rings (SSSR count). The maximum atomic E-state index is 6.46. The van der Waals surface area contributed by atoms with Crippen molar-refractivity contribution in [3.8, 4) is 11.5 Å². The van der Waals surface area contributed by atoms with Gasteiger partial charge in [-0.2, -0.15) is 0 Å². The van der Waals surface area contributed by atoms with Gasteiger partial charge >= 0.3 is 0 Å². The van der Waals surface area contributed by atoms with Crippen LogP contribution in [0.25, 0.3) is 0 Å². The predicted octanol–water partition coefficient (Wildman–Crippen LogP) is 6.78. The molecule has 134 valence electrons. The second-order valence-electron chi connectivity index (χ2n) is 9.20. The Kier molecular flexibility index (Phi) is 8.07. The van der Waals surface area contributed by atoms with Crippen molar-refractivity contribution in [2.45, 2.75) is 103 Å². The summed E-state index contributed by atoms with van der Waals surface area (Å²) in [6, 6.07) is 0. The van der Waals surface area contributed by atoms with Crippen LogP contribution in [-0.4, -0.2) is 22.5 Å². The Morgan fingerprint density at radius 1 is 0.913 bits per heavy atom. The Morgan fingerprint density at radius 2 is 1.30 bits per heavy atom. The first-order valence-electron chi connectivity index (χ1n) is 9.05. The zero-order valence-electron chi connectivity index (χ0n) is 17.5. The smallest absolute Gasteiger partial charge is 0.194 e. The van der Waals surface area contributed by atoms with Crippen LogP contribution in [-0.2, 0) is 4.43 Å². The zero-order chi connectivity index (χ0) is 18.6. The highest BCUT2D eigenvalue weighted by Crippen LogP contribution is 2.41. The Labute approximate surface area is 148 Å². The monoisotopic (exact) mass is 352 g/mol. The van der Waals surface area contributed by atoms with Crippen molar-refractivity contribution < 1.29 is 4.43 Å². The summed E-state index contributed by atoms with van der Waals surface area (Å²) in [4.78, 5) is 0. The van der Waals surface area contributed by atoms with E-state index in [1.54, 1.807) is 0 Å². The van der Waals surface area contributed by atoms with E-state index in [4.69, 9.17) is 4.43 Å². The summed E-state index contributed by atoms with van der Waals surface area (Å²) in [5, 5.41) is 0.193. The molecule has 1 atom stereocenters. The first-order valence-corrected chi connectivity index (χ1v) is 14.2. The fraction of sp³-hybridized carbons (Fsp3) is 0.800. The lowest BCUT2D eigenvalue weighted by atomic mass is 10.2. The second-order valence-corrected chi connectivity index (χ2v) is 19.5. The van der Waals surface area contributed by atoms with Crippen LogP contribution in [0.15, 0.2) is 12.7 Å². The minimum absolute atomic E-state index is 0.140. The van der Waals surface area contributed by atoms with Crippen molar-refractivity contribution in [3.05, 3.63) is 12.7 Å². The molecule has 23 heavy (non-hydrogen) atoms. The van der Waals surface area contributed by atoms with Crippen LogP contribution in [0.3, 0.4) is 0 Å². The first-order chi connectivity index (χ1) is 10.2. The van der Waals surface area contributed by atoms with E-state index in [2.05, 4.69) is 93.5 Å². The van der Waals surface area contributed by atoms with E-state index in [0.29, 0.717) is 16.6 Å². The largest absolute Gasteiger partial charge is 0.400 e. The molecule has 0 bridgehead atoms. The van der Waals surface area contributed by atoms with Crippen molar-refractivity contribution in [3.63, 3.8) is 0 Å². The van der Waals surface area contributed by atoms with Gasteiger partial charge < -0.3 is 4.43 Å². The molecule has 0 aliphatic carbocycles. The van der Waals surface area contributed by atoms with Crippen LogP contribution < -0.4 is 0 Å². The van der Waals surface area contributed by atoms with E-state index in [-0.39, 0.29) is 11.1 Å². The van der Waals surface area contributed by atoms with E-state index < -0.39 is 16.4 Å². The SMILES string of the molecule is C=C[C@@H](C#C[Si](C(C)C)(C(C)C)C(C)C)O[Si](C)(C)C(C)(C)C. The topological polar surface area (TPSA) is 9.23 Å². The molecule has 0 saturated heterocycles. The van der Waals surface area contributed by atoms with E-state index in [1.165, 1.54) is 0 Å². The minimum Gasteiger partial charge on any atom is -0.400 e. The molecule has 0 aliphatic heterocycles. The fourth-order valence-corrected chi connectivity index (χ4v) is 9.66. The van der Waals surface area contributed by atoms with Crippen molar-refractivity contribution in [2.75, 3.05) is 0 Å². The van der Waals surface area contributed by atoms with E-state index in [9.17, 15) is 0 Å². The number of hydrogen-bond acceptors (Lipinski definition) is 1. The van der Waals surface area contributed by atoms with Gasteiger partial charge in [0.25, 0.3) is 0 Å². The maximum Gasteiger partial charge on any atom is 0.194 e. The van der Waals surface area contributed by atoms with E-state index in [0.717, 1.165) is 0 Å². The lowest BCUT2D eigenvalue weighted by Gasteiger charge is -2.39. The summed E-state index contributed by atoms with van der Waals surface area (Å²) in [7, 11) is -3.53. The molecule has 0 aliphatic rings. The van der Waals surface area contributed by atoms with Gasteiger partial charge in [-0.3, -0.25) is 0 Å². The van der Waals surface area contributed by atoms with Gasteiger partial charge in [0.05, 0.1) is 0 Å². The van der Waals surface area contributed by atoms with Gasteiger partial charge in [-0.15, -0.1) is 5.54 Å². The first kappa shape index (κ1) is 22.7. The summed E-state index contributed by atoms with van der Waals surface area (Å²) in [6.45, 7) is 29.4. The molecule has 0 heterocycles. The lowest BCUT2D eigenvalue weighted by molar-refractivity contribution is 0.276. The van der Waals surface area contributed by atoms with Gasteiger partial charge in [0.15, 0.2) is 8.32 Å². The molecule has 0 aromatic carbocycles. The molecule has 0 spiro atoms. The molecule has 0 aromatic heterocycles. The summed E-state index contributed by atoms with van der Waals surface area (Å²) >= 11 is 0. The third kappa shape index (κ3) is 5.34. The summed E-state index contributed by atoms with van der Waals surface area (Å²) in [5.74, 6) is 3.49. The van der Waals surface area contributed by atoms with Crippen molar-refractivity contribution in [1.29, 1.82) is 0 Å².